The number of rotatable bonds is 13. The van der Waals surface area contributed by atoms with Gasteiger partial charge >= 0.3 is 0 Å². The Kier molecular flexibility index (Phi) is 19.0. The van der Waals surface area contributed by atoms with Crippen LogP contribution in [0.5, 0.6) is 0 Å². The number of hydrogen-bond donors (Lipinski definition) is 4. The van der Waals surface area contributed by atoms with Crippen molar-refractivity contribution < 1.29 is 33.6 Å². The first-order valence-electron chi connectivity index (χ1n) is 26.4. The molecule has 2 aliphatic rings. The second-order valence-corrected chi connectivity index (χ2v) is 21.6. The number of fused-ring (bicyclic) bond motifs is 4. The summed E-state index contributed by atoms with van der Waals surface area (Å²) in [5, 5.41) is 13.6. The van der Waals surface area contributed by atoms with E-state index >= 15 is 9.59 Å². The first-order valence-corrected chi connectivity index (χ1v) is 26.4. The number of benzene rings is 2. The molecule has 0 spiro atoms. The van der Waals surface area contributed by atoms with E-state index in [-0.39, 0.29) is 56.9 Å². The van der Waals surface area contributed by atoms with Crippen molar-refractivity contribution in [2.45, 2.75) is 161 Å². The fourth-order valence-corrected chi connectivity index (χ4v) is 10.1. The summed E-state index contributed by atoms with van der Waals surface area (Å²) in [4.78, 5) is 113. The van der Waals surface area contributed by atoms with Crippen LogP contribution >= 0.6 is 0 Å². The molecule has 1 saturated heterocycles. The van der Waals surface area contributed by atoms with Gasteiger partial charge in [-0.3, -0.25) is 38.5 Å². The number of amides is 7. The third kappa shape index (κ3) is 13.5. The molecule has 0 unspecified atom stereocenters. The standard InChI is InChI=1S/C58H79N9O7/c1-12-14-23-44-51(68)63-46(34-41-35-67(58(8,9)13-2)47-24-18-17-22-42(41)47)56(73)65(11)49(30-36(3)4)53(70)62-45(33-39-26-27-43-40(32-39)21-20-28-59-43)52(69)60-38(7)55(72)64(10)48-25-16-15-19-29-66(57(48)74)50(31-37(5)6)54(71)61-44/h13,15-18,20-22,24,26-28,32,35-38,44-46,48-50H,2,12,14,19,23,25,29-31,33-34H2,1,3-11H3,(H,60,69)(H,61,71)(H,62,70)(H,63,68)/b16-15-/t38-,44-,45-,46-,48-,49-,50-/m0/s1. The Balaban J connectivity index is 1.50. The zero-order chi connectivity index (χ0) is 54.0. The second-order valence-electron chi connectivity index (χ2n) is 21.6. The van der Waals surface area contributed by atoms with E-state index in [1.54, 1.807) is 6.20 Å². The highest BCUT2D eigenvalue weighted by molar-refractivity contribution is 5.99. The molecule has 4 heterocycles. The van der Waals surface area contributed by atoms with Crippen LogP contribution in [0.2, 0.25) is 0 Å². The summed E-state index contributed by atoms with van der Waals surface area (Å²) in [6, 6.07) is 9.21. The molecule has 2 bridgehead atoms. The average molecular weight is 1010 g/mol. The lowest BCUT2D eigenvalue weighted by Crippen LogP contribution is -2.61. The van der Waals surface area contributed by atoms with Gasteiger partial charge in [0.05, 0.1) is 11.1 Å². The van der Waals surface area contributed by atoms with Gasteiger partial charge in [-0.25, -0.2) is 0 Å². The molecule has 16 nitrogen and oxygen atoms in total. The summed E-state index contributed by atoms with van der Waals surface area (Å²) >= 11 is 0. The van der Waals surface area contributed by atoms with E-state index in [0.29, 0.717) is 24.8 Å². The van der Waals surface area contributed by atoms with E-state index in [2.05, 4.69) is 37.4 Å². The van der Waals surface area contributed by atoms with Crippen molar-refractivity contribution in [3.63, 3.8) is 0 Å². The number of allylic oxidation sites excluding steroid dienone is 1. The Bertz CT molecular complexity index is 2730. The monoisotopic (exact) mass is 1010 g/mol. The topological polar surface area (TPSA) is 195 Å². The van der Waals surface area contributed by atoms with Crippen molar-refractivity contribution in [3.05, 3.63) is 103 Å². The van der Waals surface area contributed by atoms with E-state index in [0.717, 1.165) is 27.4 Å². The number of pyridine rings is 1. The largest absolute Gasteiger partial charge is 0.343 e. The van der Waals surface area contributed by atoms with Crippen LogP contribution in [-0.4, -0.2) is 129 Å². The van der Waals surface area contributed by atoms with Crippen LogP contribution in [0.3, 0.4) is 0 Å². The predicted molar refractivity (Wildman–Crippen MR) is 289 cm³/mol. The van der Waals surface area contributed by atoms with Gasteiger partial charge in [0.25, 0.3) is 0 Å². The minimum absolute atomic E-state index is 0.0211. The third-order valence-electron chi connectivity index (χ3n) is 14.5. The van der Waals surface area contributed by atoms with E-state index in [1.165, 1.54) is 35.7 Å². The van der Waals surface area contributed by atoms with Crippen molar-refractivity contribution in [3.8, 4) is 0 Å². The van der Waals surface area contributed by atoms with Gasteiger partial charge in [0.1, 0.15) is 42.3 Å². The Morgan fingerprint density at radius 3 is 2.11 bits per heavy atom. The Morgan fingerprint density at radius 2 is 1.41 bits per heavy atom. The fraction of sp³-hybridized carbons (Fsp3) is 0.517. The zero-order valence-electron chi connectivity index (χ0n) is 45.2. The van der Waals surface area contributed by atoms with Gasteiger partial charge in [0.15, 0.2) is 0 Å². The highest BCUT2D eigenvalue weighted by Gasteiger charge is 2.41. The first-order chi connectivity index (χ1) is 35.1. The molecule has 16 heteroatoms. The highest BCUT2D eigenvalue weighted by atomic mass is 16.2. The number of hydrogen-bond acceptors (Lipinski definition) is 8. The number of para-hydroxylation sites is 1. The van der Waals surface area contributed by atoms with Crippen molar-refractivity contribution in [2.75, 3.05) is 20.6 Å². The fourth-order valence-electron chi connectivity index (χ4n) is 10.1. The molecule has 0 aliphatic carbocycles. The lowest BCUT2D eigenvalue weighted by atomic mass is 9.97. The maximum absolute atomic E-state index is 15.4. The van der Waals surface area contributed by atoms with Crippen LogP contribution in [0.1, 0.15) is 111 Å². The summed E-state index contributed by atoms with van der Waals surface area (Å²) in [5.74, 6) is -4.07. The highest BCUT2D eigenvalue weighted by Crippen LogP contribution is 2.30. The van der Waals surface area contributed by atoms with Gasteiger partial charge in [-0.05, 0) is 100 Å². The summed E-state index contributed by atoms with van der Waals surface area (Å²) in [6.07, 6.45) is 11.9. The minimum atomic E-state index is -1.24. The van der Waals surface area contributed by atoms with Gasteiger partial charge in [0.2, 0.25) is 41.4 Å². The second kappa shape index (κ2) is 24.9. The molecule has 6 rings (SSSR count). The molecule has 398 valence electrons. The molecule has 74 heavy (non-hydrogen) atoms. The van der Waals surface area contributed by atoms with E-state index in [9.17, 15) is 24.0 Å². The van der Waals surface area contributed by atoms with Crippen LogP contribution in [0.4, 0.5) is 0 Å². The number of unbranched alkanes of at least 4 members (excludes halogenated alkanes) is 1. The number of nitrogens with zero attached hydrogens (tertiary/aromatic N) is 5. The Hall–Kier alpha value is -6.84. The lowest BCUT2D eigenvalue weighted by Gasteiger charge is -2.38. The molecule has 0 radical (unpaired) electrons. The number of likely N-dealkylation sites (N-methyl/N-ethyl adjacent to an activating group) is 2. The maximum Gasteiger partial charge on any atom is 0.246 e. The first kappa shape index (κ1) is 56.5. The van der Waals surface area contributed by atoms with E-state index in [1.807, 2.05) is 127 Å². The average Bonchev–Trinajstić information content (AvgIpc) is 3.74. The maximum atomic E-state index is 15.4. The quantitative estimate of drug-likeness (QED) is 0.111. The smallest absolute Gasteiger partial charge is 0.246 e. The molecule has 4 aromatic rings. The normalized spacial score (nSPS) is 24.0. The molecule has 2 aliphatic heterocycles. The molecular formula is C58H79N9O7. The number of aromatic nitrogens is 2. The van der Waals surface area contributed by atoms with Crippen molar-refractivity contribution in [2.24, 2.45) is 11.8 Å². The summed E-state index contributed by atoms with van der Waals surface area (Å²) in [6.45, 7) is 19.6. The predicted octanol–water partition coefficient (Wildman–Crippen LogP) is 6.35. The summed E-state index contributed by atoms with van der Waals surface area (Å²) in [5.41, 5.74) is 2.59. The van der Waals surface area contributed by atoms with Crippen LogP contribution in [0.25, 0.3) is 21.8 Å². The van der Waals surface area contributed by atoms with Gasteiger partial charge in [-0.1, -0.05) is 96.0 Å². The van der Waals surface area contributed by atoms with Gasteiger partial charge in [-0.2, -0.15) is 0 Å². The Morgan fingerprint density at radius 1 is 0.743 bits per heavy atom. The molecule has 1 fully saturated rings. The summed E-state index contributed by atoms with van der Waals surface area (Å²) < 4.78 is 2.08. The molecule has 7 amide bonds. The van der Waals surface area contributed by atoms with Crippen LogP contribution in [0, 0.1) is 11.8 Å². The minimum Gasteiger partial charge on any atom is -0.343 e. The lowest BCUT2D eigenvalue weighted by molar-refractivity contribution is -0.150. The van der Waals surface area contributed by atoms with Crippen molar-refractivity contribution in [1.82, 2.24) is 45.5 Å². The molecule has 2 aromatic heterocycles. The summed E-state index contributed by atoms with van der Waals surface area (Å²) in [7, 11) is 3.05. The molecule has 0 saturated carbocycles. The zero-order valence-corrected chi connectivity index (χ0v) is 45.2. The van der Waals surface area contributed by atoms with Crippen LogP contribution < -0.4 is 21.3 Å². The van der Waals surface area contributed by atoms with Gasteiger partial charge in [-0.15, -0.1) is 6.58 Å². The van der Waals surface area contributed by atoms with Crippen molar-refractivity contribution in [1.29, 1.82) is 0 Å². The SMILES string of the molecule is C=CC(C)(C)n1cc(C[C@@H]2NC(=O)[C@H](CCCC)NC(=O)[C@H](CC(C)C)N3CC/C=C\C[C@@H](C3=O)N(C)C(=O)[C@H](C)NC(=O)[C@H](Cc3ccc4ncccc4c3)NC(=O)[C@H](CC(C)C)N(C)C2=O)c2ccccc21. The van der Waals surface area contributed by atoms with E-state index < -0.39 is 89.2 Å². The molecular weight excluding hydrogens is 935 g/mol. The number of carbonyl (C=O) groups is 7. The molecule has 4 N–H and O–H groups in total. The number of nitrogens with one attached hydrogen (secondary N) is 4. The van der Waals surface area contributed by atoms with Gasteiger partial charge in [0, 0.05) is 62.2 Å². The van der Waals surface area contributed by atoms with Crippen LogP contribution in [0.15, 0.2) is 91.8 Å². The molecule has 2 aromatic carbocycles. The van der Waals surface area contributed by atoms with E-state index in [4.69, 9.17) is 0 Å². The van der Waals surface area contributed by atoms with Crippen LogP contribution in [-0.2, 0) is 51.9 Å². The van der Waals surface area contributed by atoms with Gasteiger partial charge < -0.3 is 40.5 Å². The number of carbonyl (C=O) groups excluding carboxylic acids is 7. The van der Waals surface area contributed by atoms with Crippen molar-refractivity contribution >= 4 is 63.2 Å². The molecule has 7 atom stereocenters. The third-order valence-corrected chi connectivity index (χ3v) is 14.5. The Labute approximate surface area is 437 Å².